The molecule has 0 N–H and O–H groups in total. The zero-order valence-corrected chi connectivity index (χ0v) is 7.30. The summed E-state index contributed by atoms with van der Waals surface area (Å²) in [6.07, 6.45) is 13.1. The molecule has 0 heteroatoms. The zero-order valence-electron chi connectivity index (χ0n) is 7.30. The molecule has 0 unspecified atom stereocenters. The summed E-state index contributed by atoms with van der Waals surface area (Å²) in [6.45, 7) is 2.13. The first kappa shape index (κ1) is 7.39. The zero-order chi connectivity index (χ0) is 8.39. The second kappa shape index (κ2) is 3.00. The van der Waals surface area contributed by atoms with E-state index in [-0.39, 0.29) is 0 Å². The van der Waals surface area contributed by atoms with Crippen molar-refractivity contribution in [1.82, 2.24) is 0 Å². The molecule has 2 aliphatic rings. The quantitative estimate of drug-likeness (QED) is 0.472. The van der Waals surface area contributed by atoms with Crippen LogP contribution in [0.15, 0.2) is 52.8 Å². The minimum atomic E-state index is 1.12. The van der Waals surface area contributed by atoms with Gasteiger partial charge in [-0.15, -0.1) is 5.73 Å². The van der Waals surface area contributed by atoms with Crippen molar-refractivity contribution in [2.24, 2.45) is 0 Å². The monoisotopic (exact) mass is 156 g/mol. The van der Waals surface area contributed by atoms with Crippen molar-refractivity contribution in [2.45, 2.75) is 19.8 Å². The summed E-state index contributed by atoms with van der Waals surface area (Å²) < 4.78 is 0. The lowest BCUT2D eigenvalue weighted by molar-refractivity contribution is 1.01. The summed E-state index contributed by atoms with van der Waals surface area (Å²) in [6, 6.07) is 0. The maximum Gasteiger partial charge on any atom is 0.0164 e. The molecule has 0 aromatic carbocycles. The molecular formula is C12H12. The summed E-state index contributed by atoms with van der Waals surface area (Å²) in [5.74, 6) is 0. The van der Waals surface area contributed by atoms with Crippen LogP contribution in [0.2, 0.25) is 0 Å². The van der Waals surface area contributed by atoms with E-state index in [9.17, 15) is 0 Å². The van der Waals surface area contributed by atoms with E-state index < -0.39 is 0 Å². The minimum absolute atomic E-state index is 1.12. The lowest BCUT2D eigenvalue weighted by Gasteiger charge is -1.95. The van der Waals surface area contributed by atoms with Crippen molar-refractivity contribution in [2.75, 3.05) is 0 Å². The molecule has 0 saturated heterocycles. The van der Waals surface area contributed by atoms with Crippen LogP contribution in [0.4, 0.5) is 0 Å². The van der Waals surface area contributed by atoms with Gasteiger partial charge in [0.1, 0.15) is 0 Å². The first-order chi connectivity index (χ1) is 5.84. The van der Waals surface area contributed by atoms with Gasteiger partial charge in [-0.05, 0) is 37.5 Å². The number of hydrogen-bond acceptors (Lipinski definition) is 0. The predicted octanol–water partition coefficient (Wildman–Crippen LogP) is 3.30. The predicted molar refractivity (Wildman–Crippen MR) is 51.8 cm³/mol. The fraction of sp³-hybridized carbons (Fsp3) is 0.250. The van der Waals surface area contributed by atoms with Crippen LogP contribution in [0.25, 0.3) is 0 Å². The summed E-state index contributed by atoms with van der Waals surface area (Å²) in [4.78, 5) is 0. The highest BCUT2D eigenvalue weighted by atomic mass is 14.0. The normalized spacial score (nSPS) is 20.6. The van der Waals surface area contributed by atoms with Crippen molar-refractivity contribution >= 4 is 0 Å². The van der Waals surface area contributed by atoms with Gasteiger partial charge >= 0.3 is 0 Å². The Morgan fingerprint density at radius 2 is 2.17 bits per heavy atom. The molecule has 2 aliphatic carbocycles. The maximum absolute atomic E-state index is 3.39. The van der Waals surface area contributed by atoms with Crippen LogP contribution in [-0.2, 0) is 0 Å². The van der Waals surface area contributed by atoms with Crippen LogP contribution >= 0.6 is 0 Å². The Balaban J connectivity index is 2.50. The van der Waals surface area contributed by atoms with E-state index in [1.165, 1.54) is 16.7 Å². The molecule has 12 heavy (non-hydrogen) atoms. The SMILES string of the molecule is CC1=CC2=C=C(C=CCC2)C=C1. The Kier molecular flexibility index (Phi) is 1.85. The lowest BCUT2D eigenvalue weighted by atomic mass is 10.1. The van der Waals surface area contributed by atoms with Gasteiger partial charge < -0.3 is 0 Å². The standard InChI is InChI=1S/C12H12/c1-10-6-7-11-4-2-3-5-12(8-10)9-11/h2,4,6-8H,3,5H2,1H3. The molecule has 60 valence electrons. The molecule has 0 heterocycles. The van der Waals surface area contributed by atoms with Gasteiger partial charge in [-0.2, -0.15) is 0 Å². The highest BCUT2D eigenvalue weighted by Gasteiger charge is 2.00. The number of allylic oxidation sites excluding steroid dienone is 7. The van der Waals surface area contributed by atoms with Crippen molar-refractivity contribution in [3.63, 3.8) is 0 Å². The van der Waals surface area contributed by atoms with Crippen molar-refractivity contribution in [3.8, 4) is 0 Å². The summed E-state index contributed by atoms with van der Waals surface area (Å²) in [5, 5.41) is 0. The van der Waals surface area contributed by atoms with E-state index in [1.54, 1.807) is 0 Å². The molecule has 0 saturated carbocycles. The van der Waals surface area contributed by atoms with Crippen LogP contribution in [0, 0.1) is 0 Å². The van der Waals surface area contributed by atoms with Gasteiger partial charge in [-0.3, -0.25) is 0 Å². The third kappa shape index (κ3) is 1.49. The molecule has 2 rings (SSSR count). The first-order valence-corrected chi connectivity index (χ1v) is 4.37. The summed E-state index contributed by atoms with van der Waals surface area (Å²) in [5.41, 5.74) is 7.25. The lowest BCUT2D eigenvalue weighted by Crippen LogP contribution is -1.76. The molecule has 0 radical (unpaired) electrons. The Morgan fingerprint density at radius 3 is 3.08 bits per heavy atom. The second-order valence-electron chi connectivity index (χ2n) is 3.27. The van der Waals surface area contributed by atoms with Gasteiger partial charge in [0.05, 0.1) is 0 Å². The van der Waals surface area contributed by atoms with Gasteiger partial charge in [0.15, 0.2) is 0 Å². The Hall–Kier alpha value is -1.26. The van der Waals surface area contributed by atoms with Gasteiger partial charge in [-0.1, -0.05) is 23.8 Å². The van der Waals surface area contributed by atoms with Crippen molar-refractivity contribution in [3.05, 3.63) is 52.8 Å². The van der Waals surface area contributed by atoms with Crippen LogP contribution in [0.5, 0.6) is 0 Å². The smallest absolute Gasteiger partial charge is 0.0164 e. The third-order valence-electron chi connectivity index (χ3n) is 2.11. The molecule has 0 atom stereocenters. The molecule has 2 bridgehead atoms. The van der Waals surface area contributed by atoms with Crippen LogP contribution in [0.3, 0.4) is 0 Å². The molecule has 0 nitrogen and oxygen atoms in total. The second-order valence-corrected chi connectivity index (χ2v) is 3.27. The van der Waals surface area contributed by atoms with E-state index >= 15 is 0 Å². The first-order valence-electron chi connectivity index (χ1n) is 4.37. The van der Waals surface area contributed by atoms with Crippen LogP contribution < -0.4 is 0 Å². The van der Waals surface area contributed by atoms with E-state index in [0.717, 1.165) is 12.8 Å². The van der Waals surface area contributed by atoms with E-state index in [4.69, 9.17) is 0 Å². The summed E-state index contributed by atoms with van der Waals surface area (Å²) >= 11 is 0. The molecule has 0 aliphatic heterocycles. The number of rotatable bonds is 0. The molecule has 0 aromatic rings. The fourth-order valence-electron chi connectivity index (χ4n) is 1.49. The largest absolute Gasteiger partial charge is 0.109 e. The molecular weight excluding hydrogens is 144 g/mol. The minimum Gasteiger partial charge on any atom is -0.109 e. The van der Waals surface area contributed by atoms with Gasteiger partial charge in [0.2, 0.25) is 0 Å². The van der Waals surface area contributed by atoms with Crippen LogP contribution in [0.1, 0.15) is 19.8 Å². The average Bonchev–Trinajstić information content (AvgIpc) is 2.35. The highest BCUT2D eigenvalue weighted by molar-refractivity contribution is 5.43. The maximum atomic E-state index is 3.39. The Labute approximate surface area is 73.3 Å². The number of hydrogen-bond donors (Lipinski definition) is 0. The molecule has 0 aromatic heterocycles. The molecule has 0 fully saturated rings. The van der Waals surface area contributed by atoms with Crippen molar-refractivity contribution < 1.29 is 0 Å². The fourth-order valence-corrected chi connectivity index (χ4v) is 1.49. The Morgan fingerprint density at radius 1 is 1.25 bits per heavy atom. The van der Waals surface area contributed by atoms with Gasteiger partial charge in [-0.25, -0.2) is 0 Å². The summed E-state index contributed by atoms with van der Waals surface area (Å²) in [7, 11) is 0. The highest BCUT2D eigenvalue weighted by Crippen LogP contribution is 2.18. The molecule has 0 spiro atoms. The van der Waals surface area contributed by atoms with E-state index in [2.05, 4.69) is 43.0 Å². The van der Waals surface area contributed by atoms with E-state index in [1.807, 2.05) is 0 Å². The average molecular weight is 156 g/mol. The van der Waals surface area contributed by atoms with Crippen LogP contribution in [-0.4, -0.2) is 0 Å². The van der Waals surface area contributed by atoms with Crippen molar-refractivity contribution in [1.29, 1.82) is 0 Å². The molecule has 0 amide bonds. The topological polar surface area (TPSA) is 0 Å². The third-order valence-corrected chi connectivity index (χ3v) is 2.11. The van der Waals surface area contributed by atoms with Gasteiger partial charge in [0, 0.05) is 5.57 Å². The van der Waals surface area contributed by atoms with Gasteiger partial charge in [0.25, 0.3) is 0 Å². The Bertz CT molecular complexity index is 342. The van der Waals surface area contributed by atoms with E-state index in [0.29, 0.717) is 0 Å².